The van der Waals surface area contributed by atoms with Crippen LogP contribution in [0.1, 0.15) is 5.56 Å². The summed E-state index contributed by atoms with van der Waals surface area (Å²) in [6.45, 7) is 0.937. The van der Waals surface area contributed by atoms with Gasteiger partial charge in [-0.15, -0.1) is 0 Å². The lowest BCUT2D eigenvalue weighted by molar-refractivity contribution is -0.124. The standard InChI is InChI=1S/C12H16O7S/c1-8-2-4-9(5-3-8)20(17,18)19-11(7-14)12(16)10(15)6-13/h2-5,7,10-13,15-16H,6H2,1H3/t10-,11-,12+/m1/s1. The highest BCUT2D eigenvalue weighted by Crippen LogP contribution is 2.16. The Labute approximate surface area is 116 Å². The first-order valence-electron chi connectivity index (χ1n) is 5.74. The van der Waals surface area contributed by atoms with Crippen LogP contribution < -0.4 is 0 Å². The third-order valence-corrected chi connectivity index (χ3v) is 3.92. The maximum atomic E-state index is 11.9. The molecule has 0 aliphatic carbocycles. The van der Waals surface area contributed by atoms with Crippen molar-refractivity contribution in [2.45, 2.75) is 30.1 Å². The fourth-order valence-corrected chi connectivity index (χ4v) is 2.43. The molecule has 1 aromatic rings. The molecule has 0 aliphatic heterocycles. The van der Waals surface area contributed by atoms with Crippen molar-refractivity contribution >= 4 is 16.4 Å². The second kappa shape index (κ2) is 6.91. The van der Waals surface area contributed by atoms with Crippen LogP contribution in [0.25, 0.3) is 0 Å². The van der Waals surface area contributed by atoms with E-state index in [9.17, 15) is 23.4 Å². The topological polar surface area (TPSA) is 121 Å². The van der Waals surface area contributed by atoms with Gasteiger partial charge in [0, 0.05) is 0 Å². The van der Waals surface area contributed by atoms with Crippen LogP contribution in [0.3, 0.4) is 0 Å². The predicted octanol–water partition coefficient (Wildman–Crippen LogP) is -1.02. The van der Waals surface area contributed by atoms with Crippen LogP contribution in [-0.2, 0) is 19.1 Å². The zero-order valence-corrected chi connectivity index (χ0v) is 11.5. The molecule has 112 valence electrons. The Kier molecular flexibility index (Phi) is 5.78. The monoisotopic (exact) mass is 304 g/mol. The third-order valence-electron chi connectivity index (χ3n) is 2.60. The Morgan fingerprint density at radius 1 is 1.25 bits per heavy atom. The van der Waals surface area contributed by atoms with Crippen LogP contribution in [0.5, 0.6) is 0 Å². The van der Waals surface area contributed by atoms with Gasteiger partial charge in [-0.3, -0.25) is 4.18 Å². The van der Waals surface area contributed by atoms with E-state index >= 15 is 0 Å². The average molecular weight is 304 g/mol. The van der Waals surface area contributed by atoms with Crippen molar-refractivity contribution in [3.8, 4) is 0 Å². The van der Waals surface area contributed by atoms with E-state index < -0.39 is 35.0 Å². The number of benzene rings is 1. The van der Waals surface area contributed by atoms with Crippen molar-refractivity contribution in [3.05, 3.63) is 29.8 Å². The molecular weight excluding hydrogens is 288 g/mol. The Morgan fingerprint density at radius 3 is 2.25 bits per heavy atom. The van der Waals surface area contributed by atoms with Gasteiger partial charge in [-0.1, -0.05) is 17.7 Å². The van der Waals surface area contributed by atoms with Crippen LogP contribution >= 0.6 is 0 Å². The molecular formula is C12H16O7S. The fraction of sp³-hybridized carbons (Fsp3) is 0.417. The normalized spacial score (nSPS) is 16.4. The SMILES string of the molecule is Cc1ccc(S(=O)(=O)O[C@H](C=O)[C@@H](O)[C@H](O)CO)cc1. The van der Waals surface area contributed by atoms with Gasteiger partial charge in [-0.2, -0.15) is 8.42 Å². The van der Waals surface area contributed by atoms with Crippen molar-refractivity contribution in [1.82, 2.24) is 0 Å². The summed E-state index contributed by atoms with van der Waals surface area (Å²) in [6, 6.07) is 5.68. The number of hydrogen-bond acceptors (Lipinski definition) is 7. The molecule has 0 saturated heterocycles. The van der Waals surface area contributed by atoms with E-state index in [2.05, 4.69) is 4.18 Å². The van der Waals surface area contributed by atoms with Gasteiger partial charge < -0.3 is 20.1 Å². The van der Waals surface area contributed by atoms with Crippen LogP contribution in [0.15, 0.2) is 29.2 Å². The van der Waals surface area contributed by atoms with E-state index in [1.807, 2.05) is 0 Å². The molecule has 0 radical (unpaired) electrons. The molecule has 0 unspecified atom stereocenters. The maximum Gasteiger partial charge on any atom is 0.297 e. The van der Waals surface area contributed by atoms with Gasteiger partial charge in [0.1, 0.15) is 12.2 Å². The summed E-state index contributed by atoms with van der Waals surface area (Å²) >= 11 is 0. The Balaban J connectivity index is 2.93. The van der Waals surface area contributed by atoms with E-state index in [1.165, 1.54) is 12.1 Å². The van der Waals surface area contributed by atoms with E-state index in [0.29, 0.717) is 0 Å². The van der Waals surface area contributed by atoms with Crippen molar-refractivity contribution in [1.29, 1.82) is 0 Å². The average Bonchev–Trinajstić information content (AvgIpc) is 2.43. The van der Waals surface area contributed by atoms with Crippen molar-refractivity contribution in [3.63, 3.8) is 0 Å². The molecule has 1 rings (SSSR count). The number of carbonyl (C=O) groups excluding carboxylic acids is 1. The fourth-order valence-electron chi connectivity index (χ4n) is 1.39. The first-order valence-corrected chi connectivity index (χ1v) is 7.15. The Morgan fingerprint density at radius 2 is 1.80 bits per heavy atom. The summed E-state index contributed by atoms with van der Waals surface area (Å²) in [5.74, 6) is 0. The van der Waals surface area contributed by atoms with Gasteiger partial charge in [0.05, 0.1) is 11.5 Å². The highest BCUT2D eigenvalue weighted by Gasteiger charge is 2.31. The van der Waals surface area contributed by atoms with Crippen LogP contribution in [-0.4, -0.2) is 54.9 Å². The molecule has 0 amide bonds. The number of carbonyl (C=O) groups is 1. The highest BCUT2D eigenvalue weighted by atomic mass is 32.2. The van der Waals surface area contributed by atoms with Gasteiger partial charge in [0.2, 0.25) is 0 Å². The van der Waals surface area contributed by atoms with Crippen LogP contribution in [0.4, 0.5) is 0 Å². The van der Waals surface area contributed by atoms with E-state index in [-0.39, 0.29) is 11.2 Å². The first kappa shape index (κ1) is 16.7. The summed E-state index contributed by atoms with van der Waals surface area (Å²) < 4.78 is 28.4. The lowest BCUT2D eigenvalue weighted by Gasteiger charge is -2.21. The molecule has 0 aliphatic rings. The minimum absolute atomic E-state index is 0.0509. The summed E-state index contributed by atoms with van der Waals surface area (Å²) in [5.41, 5.74) is 0.839. The molecule has 0 spiro atoms. The Hall–Kier alpha value is -1.32. The number of rotatable bonds is 7. The smallest absolute Gasteiger partial charge is 0.297 e. The van der Waals surface area contributed by atoms with Crippen LogP contribution in [0, 0.1) is 6.92 Å². The number of aliphatic hydroxyl groups excluding tert-OH is 3. The van der Waals surface area contributed by atoms with Gasteiger partial charge in [-0.05, 0) is 19.1 Å². The predicted molar refractivity (Wildman–Crippen MR) is 68.4 cm³/mol. The Bertz CT molecular complexity index is 537. The first-order chi connectivity index (χ1) is 9.31. The quantitative estimate of drug-likeness (QED) is 0.435. The lowest BCUT2D eigenvalue weighted by atomic mass is 10.1. The minimum Gasteiger partial charge on any atom is -0.394 e. The molecule has 0 bridgehead atoms. The lowest BCUT2D eigenvalue weighted by Crippen LogP contribution is -2.42. The molecule has 8 heteroatoms. The molecule has 7 nitrogen and oxygen atoms in total. The summed E-state index contributed by atoms with van der Waals surface area (Å²) in [4.78, 5) is 10.6. The van der Waals surface area contributed by atoms with E-state index in [4.69, 9.17) is 5.11 Å². The molecule has 3 atom stereocenters. The second-order valence-corrected chi connectivity index (χ2v) is 5.78. The number of aryl methyl sites for hydroxylation is 1. The van der Waals surface area contributed by atoms with Gasteiger partial charge in [0.25, 0.3) is 10.1 Å². The highest BCUT2D eigenvalue weighted by molar-refractivity contribution is 7.86. The molecule has 1 aromatic carbocycles. The van der Waals surface area contributed by atoms with E-state index in [1.54, 1.807) is 19.1 Å². The summed E-state index contributed by atoms with van der Waals surface area (Å²) in [6.07, 6.45) is -5.28. The van der Waals surface area contributed by atoms with Crippen LogP contribution in [0.2, 0.25) is 0 Å². The van der Waals surface area contributed by atoms with Crippen molar-refractivity contribution < 1.29 is 32.7 Å². The number of aliphatic hydroxyl groups is 3. The van der Waals surface area contributed by atoms with E-state index in [0.717, 1.165) is 5.56 Å². The second-order valence-electron chi connectivity index (χ2n) is 4.20. The summed E-state index contributed by atoms with van der Waals surface area (Å²) in [5, 5.41) is 27.4. The zero-order valence-electron chi connectivity index (χ0n) is 10.7. The molecule has 0 saturated carbocycles. The number of aldehydes is 1. The van der Waals surface area contributed by atoms with Gasteiger partial charge >= 0.3 is 0 Å². The van der Waals surface area contributed by atoms with Gasteiger partial charge in [-0.25, -0.2) is 0 Å². The zero-order chi connectivity index (χ0) is 15.3. The molecule has 3 N–H and O–H groups in total. The third kappa shape index (κ3) is 4.09. The molecule has 0 fully saturated rings. The van der Waals surface area contributed by atoms with Crippen molar-refractivity contribution in [2.24, 2.45) is 0 Å². The minimum atomic E-state index is -4.26. The van der Waals surface area contributed by atoms with Gasteiger partial charge in [0.15, 0.2) is 12.4 Å². The molecule has 0 heterocycles. The maximum absolute atomic E-state index is 11.9. The number of hydrogen-bond donors (Lipinski definition) is 3. The van der Waals surface area contributed by atoms with Crippen molar-refractivity contribution in [2.75, 3.05) is 6.61 Å². The molecule has 0 aromatic heterocycles. The molecule has 20 heavy (non-hydrogen) atoms. The largest absolute Gasteiger partial charge is 0.394 e. The summed E-state index contributed by atoms with van der Waals surface area (Å²) in [7, 11) is -4.26.